The lowest BCUT2D eigenvalue weighted by atomic mass is 10.1. The van der Waals surface area contributed by atoms with Crippen LogP contribution in [0.4, 0.5) is 19.0 Å². The first kappa shape index (κ1) is 21.3. The number of halogens is 3. The molecule has 4 heterocycles. The Labute approximate surface area is 180 Å². The van der Waals surface area contributed by atoms with Crippen molar-refractivity contribution >= 4 is 33.5 Å². The summed E-state index contributed by atoms with van der Waals surface area (Å²) >= 11 is 0. The lowest BCUT2D eigenvalue weighted by Gasteiger charge is -2.26. The smallest absolute Gasteiger partial charge is 0.382 e. The topological polar surface area (TPSA) is 111 Å². The van der Waals surface area contributed by atoms with E-state index < -0.39 is 17.6 Å². The molecule has 0 aliphatic heterocycles. The highest BCUT2D eigenvalue weighted by molar-refractivity contribution is 6.09. The van der Waals surface area contributed by atoms with E-state index >= 15 is 0 Å². The van der Waals surface area contributed by atoms with Gasteiger partial charge in [-0.25, -0.2) is 19.9 Å². The zero-order valence-electron chi connectivity index (χ0n) is 17.1. The highest BCUT2D eigenvalue weighted by atomic mass is 19.4. The molecule has 0 atom stereocenters. The summed E-state index contributed by atoms with van der Waals surface area (Å²) in [7, 11) is 0. The van der Waals surface area contributed by atoms with Gasteiger partial charge in [0.05, 0.1) is 29.5 Å². The number of nitrogens with two attached hydrogens (primary N) is 1. The third-order valence-corrected chi connectivity index (χ3v) is 4.96. The maximum absolute atomic E-state index is 13.2. The van der Waals surface area contributed by atoms with Crippen LogP contribution in [0.15, 0.2) is 43.1 Å². The van der Waals surface area contributed by atoms with Crippen LogP contribution in [0.5, 0.6) is 0 Å². The Hall–Kier alpha value is -3.89. The molecule has 0 spiro atoms. The molecule has 0 aromatic carbocycles. The van der Waals surface area contributed by atoms with Crippen LogP contribution < -0.4 is 5.73 Å². The van der Waals surface area contributed by atoms with Crippen LogP contribution in [0.3, 0.4) is 0 Å². The molecule has 0 radical (unpaired) electrons. The summed E-state index contributed by atoms with van der Waals surface area (Å²) in [5.41, 5.74) is 6.53. The standard InChI is InChI=1S/C21H18F3N7O/c1-11(2)31(9-13-4-3-12(6-27-13)21(22,23)24)20(32)16-5-14-15-7-26-10-29-18(15)19(25)30-17(14)8-28-16/h3-8,10-11H,9H2,1-2H3,(H2,25,30). The fourth-order valence-electron chi connectivity index (χ4n) is 3.28. The number of amides is 1. The Bertz CT molecular complexity index is 1310. The summed E-state index contributed by atoms with van der Waals surface area (Å²) in [6.45, 7) is 3.63. The number of carbonyl (C=O) groups excluding carboxylic acids is 1. The van der Waals surface area contributed by atoms with Crippen molar-refractivity contribution in [2.75, 3.05) is 5.73 Å². The first-order chi connectivity index (χ1) is 15.1. The van der Waals surface area contributed by atoms with Gasteiger partial charge in [-0.05, 0) is 32.0 Å². The van der Waals surface area contributed by atoms with Crippen molar-refractivity contribution in [2.24, 2.45) is 0 Å². The van der Waals surface area contributed by atoms with Gasteiger partial charge in [0.1, 0.15) is 17.5 Å². The number of carbonyl (C=O) groups is 1. The van der Waals surface area contributed by atoms with Gasteiger partial charge in [-0.1, -0.05) is 0 Å². The Morgan fingerprint density at radius 1 is 1.09 bits per heavy atom. The number of hydrogen-bond donors (Lipinski definition) is 1. The number of aromatic nitrogens is 5. The molecule has 8 nitrogen and oxygen atoms in total. The molecular formula is C21H18F3N7O. The van der Waals surface area contributed by atoms with E-state index in [0.717, 1.165) is 12.3 Å². The Morgan fingerprint density at radius 3 is 2.53 bits per heavy atom. The number of pyridine rings is 3. The van der Waals surface area contributed by atoms with E-state index in [-0.39, 0.29) is 24.1 Å². The zero-order valence-corrected chi connectivity index (χ0v) is 17.1. The summed E-state index contributed by atoms with van der Waals surface area (Å²) in [6, 6.07) is 3.54. The number of alkyl halides is 3. The summed E-state index contributed by atoms with van der Waals surface area (Å²) in [5.74, 6) is -0.168. The van der Waals surface area contributed by atoms with Gasteiger partial charge >= 0.3 is 6.18 Å². The molecule has 4 aromatic rings. The zero-order chi connectivity index (χ0) is 23.0. The second-order valence-corrected chi connectivity index (χ2v) is 7.43. The van der Waals surface area contributed by atoms with Crippen LogP contribution in [0.1, 0.15) is 35.6 Å². The van der Waals surface area contributed by atoms with Gasteiger partial charge in [0.25, 0.3) is 5.91 Å². The first-order valence-electron chi connectivity index (χ1n) is 9.63. The van der Waals surface area contributed by atoms with Crippen molar-refractivity contribution in [1.82, 2.24) is 29.8 Å². The van der Waals surface area contributed by atoms with Crippen LogP contribution in [0.25, 0.3) is 21.8 Å². The Morgan fingerprint density at radius 2 is 1.88 bits per heavy atom. The molecule has 0 aliphatic rings. The van der Waals surface area contributed by atoms with Crippen LogP contribution in [0.2, 0.25) is 0 Å². The number of nitrogen functional groups attached to an aromatic ring is 1. The average Bonchev–Trinajstić information content (AvgIpc) is 2.76. The molecule has 32 heavy (non-hydrogen) atoms. The molecule has 0 unspecified atom stereocenters. The van der Waals surface area contributed by atoms with E-state index in [1.165, 1.54) is 23.5 Å². The molecule has 4 rings (SSSR count). The predicted molar refractivity (Wildman–Crippen MR) is 111 cm³/mol. The van der Waals surface area contributed by atoms with Gasteiger partial charge in [-0.2, -0.15) is 13.2 Å². The molecule has 11 heteroatoms. The minimum absolute atomic E-state index is 0.0260. The number of rotatable bonds is 4. The number of hydrogen-bond acceptors (Lipinski definition) is 7. The quantitative estimate of drug-likeness (QED) is 0.482. The van der Waals surface area contributed by atoms with Crippen LogP contribution in [0, 0.1) is 0 Å². The van der Waals surface area contributed by atoms with Crippen molar-refractivity contribution in [1.29, 1.82) is 0 Å². The van der Waals surface area contributed by atoms with E-state index in [1.807, 2.05) is 0 Å². The SMILES string of the molecule is CC(C)N(Cc1ccc(C(F)(F)F)cn1)C(=O)c1cc2c(cn1)nc(N)c1ncncc12. The van der Waals surface area contributed by atoms with Gasteiger partial charge in [0.2, 0.25) is 0 Å². The van der Waals surface area contributed by atoms with E-state index in [4.69, 9.17) is 5.73 Å². The normalized spacial score (nSPS) is 11.9. The molecule has 4 aromatic heterocycles. The minimum atomic E-state index is -4.47. The molecule has 0 bridgehead atoms. The van der Waals surface area contributed by atoms with E-state index in [2.05, 4.69) is 24.9 Å². The molecule has 0 fully saturated rings. The van der Waals surface area contributed by atoms with Crippen molar-refractivity contribution < 1.29 is 18.0 Å². The van der Waals surface area contributed by atoms with Crippen LogP contribution in [-0.4, -0.2) is 41.8 Å². The van der Waals surface area contributed by atoms with Gasteiger partial charge in [-0.15, -0.1) is 0 Å². The second-order valence-electron chi connectivity index (χ2n) is 7.43. The van der Waals surface area contributed by atoms with Crippen molar-refractivity contribution in [3.8, 4) is 0 Å². The lowest BCUT2D eigenvalue weighted by Crippen LogP contribution is -2.37. The first-order valence-corrected chi connectivity index (χ1v) is 9.63. The summed E-state index contributed by atoms with van der Waals surface area (Å²) < 4.78 is 38.4. The predicted octanol–water partition coefficient (Wildman–Crippen LogP) is 3.62. The maximum atomic E-state index is 13.2. The largest absolute Gasteiger partial charge is 0.417 e. The molecule has 164 valence electrons. The second kappa shape index (κ2) is 7.98. The number of anilines is 1. The molecule has 0 saturated heterocycles. The van der Waals surface area contributed by atoms with Crippen molar-refractivity contribution in [3.05, 3.63) is 60.1 Å². The number of nitrogens with zero attached hydrogens (tertiary/aromatic N) is 6. The Balaban J connectivity index is 1.69. The highest BCUT2D eigenvalue weighted by Crippen LogP contribution is 2.29. The summed E-state index contributed by atoms with van der Waals surface area (Å²) in [6.07, 6.45) is 0.674. The molecular weight excluding hydrogens is 423 g/mol. The highest BCUT2D eigenvalue weighted by Gasteiger charge is 2.31. The monoisotopic (exact) mass is 441 g/mol. The van der Waals surface area contributed by atoms with Gasteiger partial charge in [0, 0.05) is 29.2 Å². The molecule has 0 saturated carbocycles. The van der Waals surface area contributed by atoms with Gasteiger partial charge in [-0.3, -0.25) is 9.78 Å². The van der Waals surface area contributed by atoms with Crippen LogP contribution in [-0.2, 0) is 12.7 Å². The van der Waals surface area contributed by atoms with Crippen LogP contribution >= 0.6 is 0 Å². The third kappa shape index (κ3) is 4.01. The lowest BCUT2D eigenvalue weighted by molar-refractivity contribution is -0.137. The van der Waals surface area contributed by atoms with Crippen molar-refractivity contribution in [3.63, 3.8) is 0 Å². The molecule has 2 N–H and O–H groups in total. The molecule has 0 aliphatic carbocycles. The third-order valence-electron chi connectivity index (χ3n) is 4.96. The van der Waals surface area contributed by atoms with Gasteiger partial charge in [0.15, 0.2) is 5.82 Å². The fraction of sp³-hybridized carbons (Fsp3) is 0.238. The van der Waals surface area contributed by atoms with Gasteiger partial charge < -0.3 is 10.6 Å². The molecule has 1 amide bonds. The van der Waals surface area contributed by atoms with E-state index in [1.54, 1.807) is 26.1 Å². The fourth-order valence-corrected chi connectivity index (χ4v) is 3.28. The number of fused-ring (bicyclic) bond motifs is 3. The van der Waals surface area contributed by atoms with Crippen molar-refractivity contribution in [2.45, 2.75) is 32.6 Å². The minimum Gasteiger partial charge on any atom is -0.382 e. The Kier molecular flexibility index (Phi) is 5.33. The summed E-state index contributed by atoms with van der Waals surface area (Å²) in [5, 5.41) is 1.25. The van der Waals surface area contributed by atoms with E-state index in [9.17, 15) is 18.0 Å². The maximum Gasteiger partial charge on any atom is 0.417 e. The summed E-state index contributed by atoms with van der Waals surface area (Å²) in [4.78, 5) is 35.3. The van der Waals surface area contributed by atoms with E-state index in [0.29, 0.717) is 27.5 Å². The average molecular weight is 441 g/mol.